The lowest BCUT2D eigenvalue weighted by molar-refractivity contribution is -0.117. The van der Waals surface area contributed by atoms with Crippen molar-refractivity contribution >= 4 is 34.6 Å². The van der Waals surface area contributed by atoms with Gasteiger partial charge in [0.05, 0.1) is 22.8 Å². The summed E-state index contributed by atoms with van der Waals surface area (Å²) in [5.74, 6) is -0.427. The largest absolute Gasteiger partial charge is 0.379 e. The molecule has 1 aliphatic rings. The maximum atomic E-state index is 13.0. The van der Waals surface area contributed by atoms with Gasteiger partial charge < -0.3 is 10.1 Å². The van der Waals surface area contributed by atoms with E-state index in [1.807, 2.05) is 19.9 Å². The molecule has 0 aliphatic heterocycles. The number of amides is 3. The molecule has 31 heavy (non-hydrogen) atoms. The zero-order valence-electron chi connectivity index (χ0n) is 18.1. The topological polar surface area (TPSA) is 102 Å². The summed E-state index contributed by atoms with van der Waals surface area (Å²) >= 11 is 1.15. The Morgan fingerprint density at radius 2 is 2.00 bits per heavy atom. The highest BCUT2D eigenvalue weighted by Gasteiger charge is 2.19. The predicted octanol–water partition coefficient (Wildman–Crippen LogP) is 3.07. The lowest BCUT2D eigenvalue weighted by atomic mass is 10.2. The molecule has 0 unspecified atom stereocenters. The van der Waals surface area contributed by atoms with E-state index in [9.17, 15) is 14.4 Å². The molecule has 168 valence electrons. The average Bonchev–Trinajstić information content (AvgIpc) is 3.23. The van der Waals surface area contributed by atoms with Gasteiger partial charge in [-0.2, -0.15) is 0 Å². The highest BCUT2D eigenvalue weighted by molar-refractivity contribution is 7.99. The van der Waals surface area contributed by atoms with E-state index in [1.165, 1.54) is 0 Å². The van der Waals surface area contributed by atoms with Gasteiger partial charge >= 0.3 is 6.03 Å². The van der Waals surface area contributed by atoms with Crippen molar-refractivity contribution in [3.05, 3.63) is 34.6 Å². The van der Waals surface area contributed by atoms with E-state index in [1.54, 1.807) is 22.8 Å². The average molecular weight is 447 g/mol. The van der Waals surface area contributed by atoms with Crippen LogP contribution in [-0.4, -0.2) is 46.0 Å². The number of benzene rings is 1. The van der Waals surface area contributed by atoms with Crippen LogP contribution in [0.25, 0.3) is 10.9 Å². The van der Waals surface area contributed by atoms with Gasteiger partial charge in [-0.3, -0.25) is 19.5 Å². The van der Waals surface area contributed by atoms with Crippen LogP contribution in [0.5, 0.6) is 0 Å². The second kappa shape index (κ2) is 11.3. The van der Waals surface area contributed by atoms with Crippen LogP contribution < -0.4 is 16.2 Å². The van der Waals surface area contributed by atoms with Gasteiger partial charge in [-0.1, -0.05) is 36.7 Å². The number of hydrogen-bond acceptors (Lipinski definition) is 6. The summed E-state index contributed by atoms with van der Waals surface area (Å²) in [7, 11) is 0. The van der Waals surface area contributed by atoms with Crippen molar-refractivity contribution in [3.63, 3.8) is 0 Å². The minimum atomic E-state index is -0.466. The number of carbonyl (C=O) groups is 2. The number of rotatable bonds is 9. The molecule has 1 aromatic heterocycles. The minimum Gasteiger partial charge on any atom is -0.379 e. The third-order valence-corrected chi connectivity index (χ3v) is 6.06. The summed E-state index contributed by atoms with van der Waals surface area (Å²) in [5.41, 5.74) is 0.445. The fourth-order valence-electron chi connectivity index (χ4n) is 3.58. The molecule has 0 bridgehead atoms. The molecule has 1 heterocycles. The van der Waals surface area contributed by atoms with E-state index in [2.05, 4.69) is 15.6 Å². The Morgan fingerprint density at radius 1 is 1.26 bits per heavy atom. The summed E-state index contributed by atoms with van der Waals surface area (Å²) in [6.45, 7) is 4.90. The van der Waals surface area contributed by atoms with Gasteiger partial charge in [0.1, 0.15) is 0 Å². The smallest absolute Gasteiger partial charge is 0.321 e. The van der Waals surface area contributed by atoms with Crippen LogP contribution >= 0.6 is 11.8 Å². The molecule has 1 aliphatic carbocycles. The zero-order valence-corrected chi connectivity index (χ0v) is 18.9. The third-order valence-electron chi connectivity index (χ3n) is 5.08. The zero-order chi connectivity index (χ0) is 22.2. The predicted molar refractivity (Wildman–Crippen MR) is 121 cm³/mol. The van der Waals surface area contributed by atoms with Gasteiger partial charge in [-0.25, -0.2) is 9.78 Å². The third kappa shape index (κ3) is 6.80. The molecule has 1 aromatic carbocycles. The highest BCUT2D eigenvalue weighted by Crippen LogP contribution is 2.19. The van der Waals surface area contributed by atoms with E-state index in [0.717, 1.165) is 37.4 Å². The van der Waals surface area contributed by atoms with E-state index in [4.69, 9.17) is 4.74 Å². The first-order valence-corrected chi connectivity index (χ1v) is 11.8. The van der Waals surface area contributed by atoms with Crippen molar-refractivity contribution in [1.29, 1.82) is 0 Å². The Labute approximate surface area is 186 Å². The van der Waals surface area contributed by atoms with Gasteiger partial charge in [0.2, 0.25) is 5.91 Å². The van der Waals surface area contributed by atoms with Crippen LogP contribution in [0.3, 0.4) is 0 Å². The van der Waals surface area contributed by atoms with Gasteiger partial charge in [0.15, 0.2) is 5.16 Å². The lowest BCUT2D eigenvalue weighted by Gasteiger charge is -2.14. The standard InChI is InChI=1S/C22H30N4O4S/c1-15(2)30-13-7-12-26-20(28)17-10-5-6-11-18(17)24-22(26)31-14-19(27)25-21(29)23-16-8-3-4-9-16/h5-6,10-11,15-16H,3-4,7-9,12-14H2,1-2H3,(H2,23,25,27,29). The van der Waals surface area contributed by atoms with Crippen molar-refractivity contribution in [1.82, 2.24) is 20.2 Å². The molecule has 8 nitrogen and oxygen atoms in total. The van der Waals surface area contributed by atoms with Crippen molar-refractivity contribution < 1.29 is 14.3 Å². The van der Waals surface area contributed by atoms with Gasteiger partial charge in [-0.05, 0) is 45.2 Å². The number of aromatic nitrogens is 2. The number of ether oxygens (including phenoxy) is 1. The summed E-state index contributed by atoms with van der Waals surface area (Å²) in [6, 6.07) is 6.83. The Kier molecular flexibility index (Phi) is 8.48. The SMILES string of the molecule is CC(C)OCCCn1c(SCC(=O)NC(=O)NC2CCCC2)nc2ccccc2c1=O. The molecular weight excluding hydrogens is 416 g/mol. The molecule has 1 fully saturated rings. The number of nitrogens with one attached hydrogen (secondary N) is 2. The Morgan fingerprint density at radius 3 is 2.74 bits per heavy atom. The normalized spacial score (nSPS) is 14.3. The second-order valence-electron chi connectivity index (χ2n) is 7.93. The highest BCUT2D eigenvalue weighted by atomic mass is 32.2. The summed E-state index contributed by atoms with van der Waals surface area (Å²) in [4.78, 5) is 41.9. The molecule has 2 aromatic rings. The maximum absolute atomic E-state index is 13.0. The number of fused-ring (bicyclic) bond motifs is 1. The van der Waals surface area contributed by atoms with E-state index in [-0.39, 0.29) is 23.5 Å². The van der Waals surface area contributed by atoms with Crippen LogP contribution in [-0.2, 0) is 16.1 Å². The molecule has 0 spiro atoms. The second-order valence-corrected chi connectivity index (χ2v) is 8.88. The molecule has 3 amide bonds. The van der Waals surface area contributed by atoms with Crippen molar-refractivity contribution in [2.24, 2.45) is 0 Å². The minimum absolute atomic E-state index is 0.00857. The number of para-hydroxylation sites is 1. The number of carbonyl (C=O) groups excluding carboxylic acids is 2. The molecule has 9 heteroatoms. The molecule has 0 radical (unpaired) electrons. The van der Waals surface area contributed by atoms with E-state index in [0.29, 0.717) is 35.6 Å². The summed E-state index contributed by atoms with van der Waals surface area (Å²) < 4.78 is 7.16. The lowest BCUT2D eigenvalue weighted by Crippen LogP contribution is -2.44. The quantitative estimate of drug-likeness (QED) is 0.349. The first-order chi connectivity index (χ1) is 14.9. The van der Waals surface area contributed by atoms with Gasteiger partial charge in [0, 0.05) is 19.2 Å². The van der Waals surface area contributed by atoms with E-state index < -0.39 is 11.9 Å². The van der Waals surface area contributed by atoms with Gasteiger partial charge in [-0.15, -0.1) is 0 Å². The molecule has 2 N–H and O–H groups in total. The molecule has 0 saturated heterocycles. The monoisotopic (exact) mass is 446 g/mol. The molecule has 3 rings (SSSR count). The maximum Gasteiger partial charge on any atom is 0.321 e. The summed E-state index contributed by atoms with van der Waals surface area (Å²) in [6.07, 6.45) is 4.87. The number of urea groups is 1. The first kappa shape index (κ1) is 23.3. The van der Waals surface area contributed by atoms with Crippen LogP contribution in [0.1, 0.15) is 46.0 Å². The fourth-order valence-corrected chi connectivity index (χ4v) is 4.41. The Balaban J connectivity index is 1.65. The number of hydrogen-bond donors (Lipinski definition) is 2. The fraction of sp³-hybridized carbons (Fsp3) is 0.545. The van der Waals surface area contributed by atoms with E-state index >= 15 is 0 Å². The molecule has 1 saturated carbocycles. The molecule has 0 atom stereocenters. The van der Waals surface area contributed by atoms with Crippen molar-refractivity contribution in [2.45, 2.75) is 69.8 Å². The van der Waals surface area contributed by atoms with Crippen LogP contribution in [0.15, 0.2) is 34.2 Å². The number of imide groups is 1. The van der Waals surface area contributed by atoms with Crippen LogP contribution in [0.2, 0.25) is 0 Å². The Hall–Kier alpha value is -2.39. The molecular formula is C22H30N4O4S. The summed E-state index contributed by atoms with van der Waals surface area (Å²) in [5, 5.41) is 6.20. The number of thioether (sulfide) groups is 1. The first-order valence-electron chi connectivity index (χ1n) is 10.8. The van der Waals surface area contributed by atoms with Crippen molar-refractivity contribution in [2.75, 3.05) is 12.4 Å². The van der Waals surface area contributed by atoms with Gasteiger partial charge in [0.25, 0.3) is 5.56 Å². The van der Waals surface area contributed by atoms with Crippen LogP contribution in [0, 0.1) is 0 Å². The van der Waals surface area contributed by atoms with Crippen LogP contribution in [0.4, 0.5) is 4.79 Å². The number of nitrogens with zero attached hydrogens (tertiary/aromatic N) is 2. The van der Waals surface area contributed by atoms with Crippen molar-refractivity contribution in [3.8, 4) is 0 Å². The Bertz CT molecular complexity index is 970.